The molecule has 0 fully saturated rings. The molecule has 1 aromatic carbocycles. The highest BCUT2D eigenvalue weighted by Gasteiger charge is 2.26. The van der Waals surface area contributed by atoms with Crippen molar-refractivity contribution in [3.05, 3.63) is 35.4 Å². The third-order valence-electron chi connectivity index (χ3n) is 3.68. The van der Waals surface area contributed by atoms with E-state index in [9.17, 15) is 13.5 Å². The van der Waals surface area contributed by atoms with Crippen LogP contribution >= 0.6 is 0 Å². The van der Waals surface area contributed by atoms with Gasteiger partial charge in [0.2, 0.25) is 0 Å². The Balaban J connectivity index is 2.01. The topological polar surface area (TPSA) is 69.6 Å². The number of benzene rings is 1. The maximum absolute atomic E-state index is 12.2. The van der Waals surface area contributed by atoms with Crippen LogP contribution in [0.5, 0.6) is 0 Å². The van der Waals surface area contributed by atoms with Gasteiger partial charge in [-0.15, -0.1) is 0 Å². The molecule has 0 aromatic heterocycles. The third kappa shape index (κ3) is 3.58. The van der Waals surface area contributed by atoms with Gasteiger partial charge in [-0.05, 0) is 23.5 Å². The van der Waals surface area contributed by atoms with Crippen LogP contribution in [0, 0.1) is 5.92 Å². The van der Waals surface area contributed by atoms with Crippen LogP contribution in [-0.4, -0.2) is 37.0 Å². The second-order valence-corrected chi connectivity index (χ2v) is 7.27. The Bertz CT molecular complexity index is 557. The predicted octanol–water partition coefficient (Wildman–Crippen LogP) is 0.896. The Kier molecular flexibility index (Phi) is 4.80. The fraction of sp³-hybridized carbons (Fsp3) is 0.571. The molecule has 1 atom stereocenters. The monoisotopic (exact) mass is 298 g/mol. The molecule has 1 aliphatic heterocycles. The van der Waals surface area contributed by atoms with Crippen molar-refractivity contribution in [2.45, 2.75) is 32.9 Å². The van der Waals surface area contributed by atoms with Gasteiger partial charge < -0.3 is 5.11 Å². The average Bonchev–Trinajstić information content (AvgIpc) is 2.44. The molecule has 1 unspecified atom stereocenters. The van der Waals surface area contributed by atoms with Crippen molar-refractivity contribution < 1.29 is 13.5 Å². The van der Waals surface area contributed by atoms with Gasteiger partial charge in [0.25, 0.3) is 10.2 Å². The second kappa shape index (κ2) is 6.22. The van der Waals surface area contributed by atoms with Crippen molar-refractivity contribution in [3.63, 3.8) is 0 Å². The molecule has 2 rings (SSSR count). The van der Waals surface area contributed by atoms with Crippen LogP contribution < -0.4 is 4.72 Å². The van der Waals surface area contributed by atoms with Gasteiger partial charge in [0.05, 0.1) is 6.10 Å². The molecule has 2 N–H and O–H groups in total. The lowest BCUT2D eigenvalue weighted by Crippen LogP contribution is -2.46. The van der Waals surface area contributed by atoms with E-state index in [2.05, 4.69) is 4.72 Å². The molecule has 0 spiro atoms. The van der Waals surface area contributed by atoms with Crippen LogP contribution in [0.15, 0.2) is 24.3 Å². The Morgan fingerprint density at radius 2 is 1.95 bits per heavy atom. The molecule has 1 heterocycles. The minimum atomic E-state index is -3.53. The number of nitrogens with zero attached hydrogens (tertiary/aromatic N) is 1. The summed E-state index contributed by atoms with van der Waals surface area (Å²) in [6.45, 7) is 4.64. The first-order valence-corrected chi connectivity index (χ1v) is 8.34. The van der Waals surface area contributed by atoms with E-state index < -0.39 is 16.3 Å². The summed E-state index contributed by atoms with van der Waals surface area (Å²) in [5, 5.41) is 9.70. The first-order chi connectivity index (χ1) is 9.40. The maximum Gasteiger partial charge on any atom is 0.279 e. The van der Waals surface area contributed by atoms with Crippen LogP contribution in [0.1, 0.15) is 25.0 Å². The van der Waals surface area contributed by atoms with Crippen LogP contribution in [0.25, 0.3) is 0 Å². The van der Waals surface area contributed by atoms with Gasteiger partial charge in [-0.2, -0.15) is 17.4 Å². The summed E-state index contributed by atoms with van der Waals surface area (Å²) < 4.78 is 28.4. The number of aliphatic hydroxyl groups is 1. The Morgan fingerprint density at radius 3 is 2.60 bits per heavy atom. The molecule has 0 saturated carbocycles. The van der Waals surface area contributed by atoms with Gasteiger partial charge in [0.15, 0.2) is 0 Å². The highest BCUT2D eigenvalue weighted by Crippen LogP contribution is 2.20. The smallest absolute Gasteiger partial charge is 0.279 e. The lowest BCUT2D eigenvalue weighted by molar-refractivity contribution is 0.129. The van der Waals surface area contributed by atoms with Crippen molar-refractivity contribution in [2.75, 3.05) is 13.1 Å². The van der Waals surface area contributed by atoms with E-state index in [4.69, 9.17) is 0 Å². The molecule has 0 radical (unpaired) electrons. The lowest BCUT2D eigenvalue weighted by atomic mass is 10.0. The summed E-state index contributed by atoms with van der Waals surface area (Å²) in [5.74, 6) is 0.0276. The van der Waals surface area contributed by atoms with E-state index in [1.54, 1.807) is 0 Å². The Morgan fingerprint density at radius 1 is 1.30 bits per heavy atom. The van der Waals surface area contributed by atoms with E-state index in [1.807, 2.05) is 38.1 Å². The zero-order valence-electron chi connectivity index (χ0n) is 11.9. The largest absolute Gasteiger partial charge is 0.391 e. The third-order valence-corrected chi connectivity index (χ3v) is 5.20. The van der Waals surface area contributed by atoms with Crippen molar-refractivity contribution in [1.29, 1.82) is 0 Å². The summed E-state index contributed by atoms with van der Waals surface area (Å²) in [6.07, 6.45) is 0.0611. The number of nitrogens with one attached hydrogen (secondary N) is 1. The van der Waals surface area contributed by atoms with Gasteiger partial charge in [-0.1, -0.05) is 38.1 Å². The summed E-state index contributed by atoms with van der Waals surface area (Å²) in [7, 11) is -3.53. The summed E-state index contributed by atoms with van der Waals surface area (Å²) in [6, 6.07) is 7.89. The van der Waals surface area contributed by atoms with Gasteiger partial charge in [0.1, 0.15) is 0 Å². The number of hydrogen-bond acceptors (Lipinski definition) is 3. The minimum absolute atomic E-state index is 0.0276. The zero-order valence-corrected chi connectivity index (χ0v) is 12.7. The van der Waals surface area contributed by atoms with Crippen molar-refractivity contribution in [2.24, 2.45) is 5.92 Å². The molecule has 0 aliphatic carbocycles. The van der Waals surface area contributed by atoms with Gasteiger partial charge in [0, 0.05) is 19.6 Å². The molecule has 6 heteroatoms. The lowest BCUT2D eigenvalue weighted by Gasteiger charge is -2.28. The fourth-order valence-corrected chi connectivity index (χ4v) is 3.40. The van der Waals surface area contributed by atoms with Crippen LogP contribution in [0.4, 0.5) is 0 Å². The summed E-state index contributed by atoms with van der Waals surface area (Å²) in [4.78, 5) is 0. The predicted molar refractivity (Wildman–Crippen MR) is 78.3 cm³/mol. The number of aliphatic hydroxyl groups excluding tert-OH is 1. The van der Waals surface area contributed by atoms with Gasteiger partial charge in [-0.25, -0.2) is 0 Å². The van der Waals surface area contributed by atoms with Crippen molar-refractivity contribution >= 4 is 10.2 Å². The molecule has 0 bridgehead atoms. The molecular formula is C14H22N2O3S. The number of hydrogen-bond donors (Lipinski definition) is 2. The quantitative estimate of drug-likeness (QED) is 0.848. The standard InChI is InChI=1S/C14H22N2O3S/c1-11(2)14(17)9-15-20(18,19)16-8-7-12-5-3-4-6-13(12)10-16/h3-6,11,14-15,17H,7-10H2,1-2H3. The first-order valence-electron chi connectivity index (χ1n) is 6.89. The van der Waals surface area contributed by atoms with Crippen molar-refractivity contribution in [3.8, 4) is 0 Å². The Hall–Kier alpha value is -0.950. The summed E-state index contributed by atoms with van der Waals surface area (Å²) in [5.41, 5.74) is 2.26. The van der Waals surface area contributed by atoms with E-state index >= 15 is 0 Å². The average molecular weight is 298 g/mol. The van der Waals surface area contributed by atoms with E-state index in [0.717, 1.165) is 12.0 Å². The van der Waals surface area contributed by atoms with Gasteiger partial charge >= 0.3 is 0 Å². The highest BCUT2D eigenvalue weighted by atomic mass is 32.2. The van der Waals surface area contributed by atoms with Crippen molar-refractivity contribution in [1.82, 2.24) is 9.03 Å². The maximum atomic E-state index is 12.2. The molecule has 5 nitrogen and oxygen atoms in total. The Labute approximate surface area is 120 Å². The van der Waals surface area contributed by atoms with E-state index in [0.29, 0.717) is 13.1 Å². The molecule has 1 aromatic rings. The van der Waals surface area contributed by atoms with Crippen LogP contribution in [-0.2, 0) is 23.2 Å². The molecule has 0 saturated heterocycles. The highest BCUT2D eigenvalue weighted by molar-refractivity contribution is 7.87. The fourth-order valence-electron chi connectivity index (χ4n) is 2.19. The molecule has 0 amide bonds. The number of fused-ring (bicyclic) bond motifs is 1. The summed E-state index contributed by atoms with van der Waals surface area (Å²) >= 11 is 0. The van der Waals surface area contributed by atoms with Crippen LogP contribution in [0.3, 0.4) is 0 Å². The van der Waals surface area contributed by atoms with Gasteiger partial charge in [-0.3, -0.25) is 0 Å². The zero-order chi connectivity index (χ0) is 14.8. The SMILES string of the molecule is CC(C)C(O)CNS(=O)(=O)N1CCc2ccccc2C1. The van der Waals surface area contributed by atoms with E-state index in [-0.39, 0.29) is 12.5 Å². The molecule has 1 aliphatic rings. The number of rotatable bonds is 5. The minimum Gasteiger partial charge on any atom is -0.391 e. The molecule has 20 heavy (non-hydrogen) atoms. The molecular weight excluding hydrogens is 276 g/mol. The van der Waals surface area contributed by atoms with E-state index in [1.165, 1.54) is 9.87 Å². The van der Waals surface area contributed by atoms with Crippen LogP contribution in [0.2, 0.25) is 0 Å². The second-order valence-electron chi connectivity index (χ2n) is 5.52. The first kappa shape index (κ1) is 15.4. The molecule has 112 valence electrons. The normalized spacial score (nSPS) is 18.0.